The first-order valence-corrected chi connectivity index (χ1v) is 9.79. The fourth-order valence-electron chi connectivity index (χ4n) is 2.66. The highest BCUT2D eigenvalue weighted by Crippen LogP contribution is 2.35. The van der Waals surface area contributed by atoms with Gasteiger partial charge in [0, 0.05) is 11.5 Å². The van der Waals surface area contributed by atoms with Crippen LogP contribution in [0.5, 0.6) is 5.88 Å². The first-order chi connectivity index (χ1) is 13.5. The van der Waals surface area contributed by atoms with Crippen LogP contribution in [0.2, 0.25) is 10.0 Å². The SMILES string of the molecule is COc1ccc2cc(C=C3SC(=Nc4c(Cl)cccc4Cl)NC3=O)ccc2n1. The number of rotatable bonds is 3. The van der Waals surface area contributed by atoms with Crippen LogP contribution in [0.4, 0.5) is 5.69 Å². The molecule has 2 heterocycles. The molecule has 1 amide bonds. The summed E-state index contributed by atoms with van der Waals surface area (Å²) in [5, 5.41) is 4.96. The third kappa shape index (κ3) is 3.85. The maximum absolute atomic E-state index is 12.3. The highest BCUT2D eigenvalue weighted by molar-refractivity contribution is 8.18. The number of carbonyl (C=O) groups is 1. The minimum Gasteiger partial charge on any atom is -0.481 e. The van der Waals surface area contributed by atoms with Crippen molar-refractivity contribution in [3.63, 3.8) is 0 Å². The van der Waals surface area contributed by atoms with Crippen molar-refractivity contribution in [2.75, 3.05) is 7.11 Å². The van der Waals surface area contributed by atoms with Gasteiger partial charge in [0.15, 0.2) is 5.17 Å². The number of hydrogen-bond acceptors (Lipinski definition) is 5. The number of aromatic nitrogens is 1. The molecule has 140 valence electrons. The zero-order valence-electron chi connectivity index (χ0n) is 14.6. The van der Waals surface area contributed by atoms with Gasteiger partial charge in [0.1, 0.15) is 5.69 Å². The van der Waals surface area contributed by atoms with Crippen LogP contribution in [0, 0.1) is 0 Å². The number of hydrogen-bond donors (Lipinski definition) is 1. The Labute approximate surface area is 175 Å². The first-order valence-electron chi connectivity index (χ1n) is 8.22. The van der Waals surface area contributed by atoms with Gasteiger partial charge < -0.3 is 10.1 Å². The van der Waals surface area contributed by atoms with Crippen molar-refractivity contribution >= 4 is 68.7 Å². The molecule has 0 spiro atoms. The van der Waals surface area contributed by atoms with Crippen molar-refractivity contribution in [2.24, 2.45) is 4.99 Å². The summed E-state index contributed by atoms with van der Waals surface area (Å²) in [5.41, 5.74) is 2.13. The molecule has 0 aliphatic carbocycles. The van der Waals surface area contributed by atoms with Crippen molar-refractivity contribution in [1.82, 2.24) is 10.3 Å². The van der Waals surface area contributed by atoms with Gasteiger partial charge >= 0.3 is 0 Å². The highest BCUT2D eigenvalue weighted by Gasteiger charge is 2.24. The van der Waals surface area contributed by atoms with E-state index in [0.717, 1.165) is 16.5 Å². The molecule has 1 aromatic heterocycles. The first kappa shape index (κ1) is 18.8. The maximum atomic E-state index is 12.3. The molecule has 1 aliphatic rings. The summed E-state index contributed by atoms with van der Waals surface area (Å²) in [7, 11) is 1.58. The Balaban J connectivity index is 1.63. The number of methoxy groups -OCH3 is 1. The minimum absolute atomic E-state index is 0.222. The van der Waals surface area contributed by atoms with Crippen LogP contribution in [0.25, 0.3) is 17.0 Å². The quantitative estimate of drug-likeness (QED) is 0.562. The van der Waals surface area contributed by atoms with Crippen LogP contribution in [0.15, 0.2) is 58.4 Å². The number of amides is 1. The third-order valence-corrected chi connectivity index (χ3v) is 5.52. The number of halogens is 2. The van der Waals surface area contributed by atoms with Crippen molar-refractivity contribution in [2.45, 2.75) is 0 Å². The Hall–Kier alpha value is -2.54. The van der Waals surface area contributed by atoms with Crippen molar-refractivity contribution in [3.8, 4) is 5.88 Å². The highest BCUT2D eigenvalue weighted by atomic mass is 35.5. The number of pyridine rings is 1. The molecule has 28 heavy (non-hydrogen) atoms. The lowest BCUT2D eigenvalue weighted by atomic mass is 10.1. The molecule has 8 heteroatoms. The lowest BCUT2D eigenvalue weighted by Crippen LogP contribution is -2.19. The summed E-state index contributed by atoms with van der Waals surface area (Å²) in [6.07, 6.45) is 1.81. The second-order valence-corrected chi connectivity index (χ2v) is 7.70. The summed E-state index contributed by atoms with van der Waals surface area (Å²) in [6.45, 7) is 0. The van der Waals surface area contributed by atoms with Gasteiger partial charge in [-0.25, -0.2) is 9.98 Å². The van der Waals surface area contributed by atoms with E-state index in [2.05, 4.69) is 15.3 Å². The van der Waals surface area contributed by atoms with Crippen molar-refractivity contribution in [1.29, 1.82) is 0 Å². The van der Waals surface area contributed by atoms with E-state index in [0.29, 0.717) is 31.7 Å². The number of carbonyl (C=O) groups excluding carboxylic acids is 1. The van der Waals surface area contributed by atoms with Crippen LogP contribution < -0.4 is 10.1 Å². The predicted octanol–water partition coefficient (Wildman–Crippen LogP) is 5.44. The Kier molecular flexibility index (Phi) is 5.26. The van der Waals surface area contributed by atoms with Gasteiger partial charge in [-0.1, -0.05) is 35.3 Å². The molecule has 1 aliphatic heterocycles. The molecular weight excluding hydrogens is 417 g/mol. The van der Waals surface area contributed by atoms with Gasteiger partial charge in [-0.05, 0) is 53.7 Å². The van der Waals surface area contributed by atoms with Gasteiger partial charge in [-0.3, -0.25) is 4.79 Å². The van der Waals surface area contributed by atoms with E-state index in [1.807, 2.05) is 24.3 Å². The molecule has 2 aromatic carbocycles. The molecule has 0 radical (unpaired) electrons. The maximum Gasteiger partial charge on any atom is 0.264 e. The van der Waals surface area contributed by atoms with E-state index in [9.17, 15) is 4.79 Å². The average Bonchev–Trinajstić information content (AvgIpc) is 3.03. The molecule has 0 bridgehead atoms. The Morgan fingerprint density at radius 3 is 2.68 bits per heavy atom. The van der Waals surface area contributed by atoms with E-state index < -0.39 is 0 Å². The topological polar surface area (TPSA) is 63.6 Å². The van der Waals surface area contributed by atoms with Crippen molar-refractivity contribution in [3.05, 3.63) is 69.0 Å². The molecule has 1 saturated heterocycles. The smallest absolute Gasteiger partial charge is 0.264 e. The summed E-state index contributed by atoms with van der Waals surface area (Å²) in [5.74, 6) is 0.336. The van der Waals surface area contributed by atoms with Gasteiger partial charge in [0.25, 0.3) is 5.91 Å². The average molecular weight is 430 g/mol. The molecule has 3 aromatic rings. The molecule has 4 rings (SSSR count). The Morgan fingerprint density at radius 1 is 1.14 bits per heavy atom. The zero-order valence-corrected chi connectivity index (χ0v) is 16.9. The van der Waals surface area contributed by atoms with Crippen LogP contribution >= 0.6 is 35.0 Å². The van der Waals surface area contributed by atoms with Crippen LogP contribution in [0.3, 0.4) is 0 Å². The monoisotopic (exact) mass is 429 g/mol. The Bertz CT molecular complexity index is 1140. The largest absolute Gasteiger partial charge is 0.481 e. The van der Waals surface area contributed by atoms with Crippen LogP contribution in [-0.4, -0.2) is 23.2 Å². The summed E-state index contributed by atoms with van der Waals surface area (Å²) < 4.78 is 5.14. The molecule has 0 atom stereocenters. The predicted molar refractivity (Wildman–Crippen MR) is 116 cm³/mol. The van der Waals surface area contributed by atoms with Crippen molar-refractivity contribution < 1.29 is 9.53 Å². The molecule has 1 fully saturated rings. The van der Waals surface area contributed by atoms with E-state index >= 15 is 0 Å². The number of aliphatic imine (C=N–C) groups is 1. The normalized spacial score (nSPS) is 16.8. The third-order valence-electron chi connectivity index (χ3n) is 4.00. The van der Waals surface area contributed by atoms with E-state index in [4.69, 9.17) is 27.9 Å². The fourth-order valence-corrected chi connectivity index (χ4v) is 3.97. The second kappa shape index (κ2) is 7.83. The van der Waals surface area contributed by atoms with Gasteiger partial charge in [0.05, 0.1) is 27.6 Å². The number of amidine groups is 1. The van der Waals surface area contributed by atoms with E-state index in [1.165, 1.54) is 11.8 Å². The van der Waals surface area contributed by atoms with Gasteiger partial charge in [0.2, 0.25) is 5.88 Å². The summed E-state index contributed by atoms with van der Waals surface area (Å²) >= 11 is 13.5. The number of thioether (sulfide) groups is 1. The van der Waals surface area contributed by atoms with Crippen LogP contribution in [0.1, 0.15) is 5.56 Å². The zero-order chi connectivity index (χ0) is 19.7. The molecule has 0 saturated carbocycles. The number of para-hydroxylation sites is 1. The van der Waals surface area contributed by atoms with E-state index in [1.54, 1.807) is 37.5 Å². The number of nitrogens with one attached hydrogen (secondary N) is 1. The lowest BCUT2D eigenvalue weighted by Gasteiger charge is -2.03. The molecule has 5 nitrogen and oxygen atoms in total. The van der Waals surface area contributed by atoms with Gasteiger partial charge in [-0.15, -0.1) is 0 Å². The standard InChI is InChI=1S/C20H13Cl2N3O2S/c1-27-17-8-6-12-9-11(5-7-15(12)23-17)10-16-19(26)25-20(28-16)24-18-13(21)3-2-4-14(18)22/h2-10H,1H3,(H,24,25,26). The fraction of sp³-hybridized carbons (Fsp3) is 0.0500. The number of nitrogens with zero attached hydrogens (tertiary/aromatic N) is 2. The molecule has 0 unspecified atom stereocenters. The van der Waals surface area contributed by atoms with Crippen LogP contribution in [-0.2, 0) is 4.79 Å². The number of benzene rings is 2. The second-order valence-electron chi connectivity index (χ2n) is 5.86. The molecular formula is C20H13Cl2N3O2S. The minimum atomic E-state index is -0.222. The number of ether oxygens (including phenoxy) is 1. The number of fused-ring (bicyclic) bond motifs is 1. The molecule has 1 N–H and O–H groups in total. The Morgan fingerprint density at radius 2 is 1.93 bits per heavy atom. The van der Waals surface area contributed by atoms with E-state index in [-0.39, 0.29) is 5.91 Å². The summed E-state index contributed by atoms with van der Waals surface area (Å²) in [6, 6.07) is 14.6. The lowest BCUT2D eigenvalue weighted by molar-refractivity contribution is -0.115. The van der Waals surface area contributed by atoms with Gasteiger partial charge in [-0.2, -0.15) is 0 Å². The summed E-state index contributed by atoms with van der Waals surface area (Å²) in [4.78, 5) is 21.6.